The maximum atomic E-state index is 3.96. The highest BCUT2D eigenvalue weighted by Gasteiger charge is 2.08. The van der Waals surface area contributed by atoms with Crippen LogP contribution in [0.2, 0.25) is 0 Å². The largest absolute Gasteiger partial charge is 0.315 e. The van der Waals surface area contributed by atoms with Crippen molar-refractivity contribution in [2.75, 3.05) is 0 Å². The van der Waals surface area contributed by atoms with Crippen LogP contribution in [0, 0.1) is 6.92 Å². The normalized spacial score (nSPS) is 10.5. The van der Waals surface area contributed by atoms with Gasteiger partial charge in [0.2, 0.25) is 0 Å². The Labute approximate surface area is 69.4 Å². The Hall–Kier alpha value is -1.65. The molecule has 5 heteroatoms. The topological polar surface area (TPSA) is 59.4 Å². The molecule has 0 radical (unpaired) electrons. The van der Waals surface area contributed by atoms with E-state index in [-0.39, 0.29) is 0 Å². The van der Waals surface area contributed by atoms with Crippen LogP contribution in [0.3, 0.4) is 0 Å². The molecule has 0 aliphatic heterocycles. The summed E-state index contributed by atoms with van der Waals surface area (Å²) in [6.07, 6.45) is 3.43. The summed E-state index contributed by atoms with van der Waals surface area (Å²) in [5, 5.41) is 14.5. The van der Waals surface area contributed by atoms with Gasteiger partial charge in [-0.05, 0) is 12.5 Å². The summed E-state index contributed by atoms with van der Waals surface area (Å²) in [6, 6.07) is 0. The lowest BCUT2D eigenvalue weighted by atomic mass is 10.3. The third-order valence-corrected chi connectivity index (χ3v) is 1.76. The Morgan fingerprint density at radius 2 is 2.33 bits per heavy atom. The van der Waals surface area contributed by atoms with Crippen molar-refractivity contribution in [2.45, 2.75) is 6.92 Å². The second-order valence-corrected chi connectivity index (χ2v) is 2.69. The predicted octanol–water partition coefficient (Wildman–Crippen LogP) is 0.514. The summed E-state index contributed by atoms with van der Waals surface area (Å²) in [6.45, 7) is 1.98. The van der Waals surface area contributed by atoms with Gasteiger partial charge in [-0.1, -0.05) is 0 Å². The van der Waals surface area contributed by atoms with Crippen molar-refractivity contribution in [1.29, 1.82) is 0 Å². The standard InChI is InChI=1S/C7H9N5/c1-5-3-8-10-6(5)7-11-9-4-12(7)2/h3-4H,1-2H3,(H,8,10). The fraction of sp³-hybridized carbons (Fsp3) is 0.286. The second kappa shape index (κ2) is 2.44. The highest BCUT2D eigenvalue weighted by Crippen LogP contribution is 2.15. The molecular formula is C7H9N5. The van der Waals surface area contributed by atoms with Crippen molar-refractivity contribution in [3.63, 3.8) is 0 Å². The number of nitrogens with one attached hydrogen (secondary N) is 1. The van der Waals surface area contributed by atoms with Crippen molar-refractivity contribution < 1.29 is 0 Å². The highest BCUT2D eigenvalue weighted by molar-refractivity contribution is 5.53. The van der Waals surface area contributed by atoms with E-state index in [9.17, 15) is 0 Å². The van der Waals surface area contributed by atoms with Crippen molar-refractivity contribution in [3.8, 4) is 11.5 Å². The molecule has 2 aromatic heterocycles. The van der Waals surface area contributed by atoms with E-state index < -0.39 is 0 Å². The first-order chi connectivity index (χ1) is 5.79. The minimum absolute atomic E-state index is 0.810. The molecule has 12 heavy (non-hydrogen) atoms. The van der Waals surface area contributed by atoms with Crippen molar-refractivity contribution >= 4 is 0 Å². The lowest BCUT2D eigenvalue weighted by molar-refractivity contribution is 0.909. The van der Waals surface area contributed by atoms with E-state index in [0.29, 0.717) is 0 Å². The third kappa shape index (κ3) is 0.903. The first-order valence-corrected chi connectivity index (χ1v) is 3.63. The summed E-state index contributed by atoms with van der Waals surface area (Å²) in [7, 11) is 1.90. The molecule has 0 aliphatic rings. The van der Waals surface area contributed by atoms with Crippen molar-refractivity contribution in [2.24, 2.45) is 7.05 Å². The van der Waals surface area contributed by atoms with E-state index in [1.807, 2.05) is 18.5 Å². The van der Waals surface area contributed by atoms with Gasteiger partial charge in [0.05, 0.1) is 6.20 Å². The number of nitrogens with zero attached hydrogens (tertiary/aromatic N) is 4. The van der Waals surface area contributed by atoms with Crippen LogP contribution in [0.5, 0.6) is 0 Å². The molecule has 1 N–H and O–H groups in total. The van der Waals surface area contributed by atoms with Crippen LogP contribution in [-0.2, 0) is 7.05 Å². The number of hydrogen-bond acceptors (Lipinski definition) is 3. The number of rotatable bonds is 1. The van der Waals surface area contributed by atoms with Gasteiger partial charge < -0.3 is 4.57 Å². The van der Waals surface area contributed by atoms with Gasteiger partial charge in [0.15, 0.2) is 5.82 Å². The third-order valence-electron chi connectivity index (χ3n) is 1.76. The van der Waals surface area contributed by atoms with Crippen molar-refractivity contribution in [3.05, 3.63) is 18.1 Å². The number of aromatic nitrogens is 5. The fourth-order valence-corrected chi connectivity index (χ4v) is 1.08. The van der Waals surface area contributed by atoms with E-state index in [1.165, 1.54) is 0 Å². The summed E-state index contributed by atoms with van der Waals surface area (Å²) < 4.78 is 1.85. The molecule has 0 saturated heterocycles. The van der Waals surface area contributed by atoms with E-state index in [4.69, 9.17) is 0 Å². The van der Waals surface area contributed by atoms with Crippen LogP contribution in [0.4, 0.5) is 0 Å². The first-order valence-electron chi connectivity index (χ1n) is 3.63. The second-order valence-electron chi connectivity index (χ2n) is 2.69. The van der Waals surface area contributed by atoms with Gasteiger partial charge in [-0.2, -0.15) is 5.10 Å². The molecule has 0 fully saturated rings. The molecule has 2 heterocycles. The lowest BCUT2D eigenvalue weighted by Gasteiger charge is -1.96. The Balaban J connectivity index is 2.57. The summed E-state index contributed by atoms with van der Waals surface area (Å²) in [5.41, 5.74) is 2.00. The zero-order valence-corrected chi connectivity index (χ0v) is 6.94. The summed E-state index contributed by atoms with van der Waals surface area (Å²) in [4.78, 5) is 0. The van der Waals surface area contributed by atoms with E-state index >= 15 is 0 Å². The van der Waals surface area contributed by atoms with Crippen LogP contribution >= 0.6 is 0 Å². The Morgan fingerprint density at radius 3 is 2.83 bits per heavy atom. The van der Waals surface area contributed by atoms with Gasteiger partial charge in [0.25, 0.3) is 0 Å². The molecule has 0 spiro atoms. The Kier molecular flexibility index (Phi) is 1.43. The molecule has 0 atom stereocenters. The Bertz CT molecular complexity index is 348. The fourth-order valence-electron chi connectivity index (χ4n) is 1.08. The van der Waals surface area contributed by atoms with Gasteiger partial charge in [-0.3, -0.25) is 5.10 Å². The van der Waals surface area contributed by atoms with Gasteiger partial charge in [-0.25, -0.2) is 0 Å². The number of H-pyrrole nitrogens is 1. The monoisotopic (exact) mass is 163 g/mol. The SMILES string of the molecule is Cc1cn[nH]c1-c1nncn1C. The summed E-state index contributed by atoms with van der Waals surface area (Å²) >= 11 is 0. The van der Waals surface area contributed by atoms with Gasteiger partial charge in [0.1, 0.15) is 12.0 Å². The molecule has 0 unspecified atom stereocenters. The highest BCUT2D eigenvalue weighted by atomic mass is 15.3. The number of aromatic amines is 1. The molecule has 5 nitrogen and oxygen atoms in total. The quantitative estimate of drug-likeness (QED) is 0.666. The maximum Gasteiger partial charge on any atom is 0.181 e. The molecule has 62 valence electrons. The summed E-state index contributed by atoms with van der Waals surface area (Å²) in [5.74, 6) is 0.810. The smallest absolute Gasteiger partial charge is 0.181 e. The molecule has 0 aromatic carbocycles. The zero-order valence-electron chi connectivity index (χ0n) is 6.94. The van der Waals surface area contributed by atoms with Gasteiger partial charge >= 0.3 is 0 Å². The number of aryl methyl sites for hydroxylation is 2. The van der Waals surface area contributed by atoms with Crippen LogP contribution < -0.4 is 0 Å². The molecule has 0 saturated carbocycles. The van der Waals surface area contributed by atoms with Crippen LogP contribution in [0.1, 0.15) is 5.56 Å². The van der Waals surface area contributed by atoms with E-state index in [1.54, 1.807) is 12.5 Å². The Morgan fingerprint density at radius 1 is 1.50 bits per heavy atom. The average molecular weight is 163 g/mol. The van der Waals surface area contributed by atoms with Crippen LogP contribution in [0.25, 0.3) is 11.5 Å². The maximum absolute atomic E-state index is 3.96. The minimum atomic E-state index is 0.810. The van der Waals surface area contributed by atoms with E-state index in [0.717, 1.165) is 17.1 Å². The zero-order chi connectivity index (χ0) is 8.55. The molecule has 2 rings (SSSR count). The molecule has 2 aromatic rings. The minimum Gasteiger partial charge on any atom is -0.315 e. The van der Waals surface area contributed by atoms with Crippen LogP contribution in [-0.4, -0.2) is 25.0 Å². The van der Waals surface area contributed by atoms with Gasteiger partial charge in [0, 0.05) is 7.05 Å². The molecule has 0 aliphatic carbocycles. The molecule has 0 amide bonds. The van der Waals surface area contributed by atoms with Crippen LogP contribution in [0.15, 0.2) is 12.5 Å². The predicted molar refractivity (Wildman–Crippen MR) is 43.3 cm³/mol. The van der Waals surface area contributed by atoms with Crippen molar-refractivity contribution in [1.82, 2.24) is 25.0 Å². The number of hydrogen-bond donors (Lipinski definition) is 1. The molecule has 0 bridgehead atoms. The van der Waals surface area contributed by atoms with E-state index in [2.05, 4.69) is 20.4 Å². The lowest BCUT2D eigenvalue weighted by Crippen LogP contribution is -1.92. The first kappa shape index (κ1) is 7.02. The average Bonchev–Trinajstić information content (AvgIpc) is 2.59. The van der Waals surface area contributed by atoms with Gasteiger partial charge in [-0.15, -0.1) is 10.2 Å². The molecular weight excluding hydrogens is 154 g/mol.